The number of ether oxygens (including phenoxy) is 2. The Morgan fingerprint density at radius 2 is 1.90 bits per heavy atom. The van der Waals surface area contributed by atoms with Crippen molar-refractivity contribution in [2.24, 2.45) is 5.92 Å². The molecule has 0 aromatic carbocycles. The van der Waals surface area contributed by atoms with Crippen molar-refractivity contribution in [3.05, 3.63) is 0 Å². The third-order valence-corrected chi connectivity index (χ3v) is 4.96. The van der Waals surface area contributed by atoms with Crippen molar-refractivity contribution >= 4 is 10.2 Å². The van der Waals surface area contributed by atoms with E-state index in [4.69, 9.17) is 9.47 Å². The van der Waals surface area contributed by atoms with Gasteiger partial charge in [0.25, 0.3) is 10.2 Å². The molecule has 20 heavy (non-hydrogen) atoms. The summed E-state index contributed by atoms with van der Waals surface area (Å²) in [6.45, 7) is 3.78. The van der Waals surface area contributed by atoms with E-state index in [1.165, 1.54) is 4.31 Å². The zero-order valence-corrected chi connectivity index (χ0v) is 13.2. The lowest BCUT2D eigenvalue weighted by atomic mass is 10.0. The van der Waals surface area contributed by atoms with Crippen LogP contribution in [0.3, 0.4) is 0 Å². The number of methoxy groups -OCH3 is 2. The van der Waals surface area contributed by atoms with E-state index in [0.717, 1.165) is 25.9 Å². The Hall–Kier alpha value is -0.250. The van der Waals surface area contributed by atoms with Gasteiger partial charge in [0, 0.05) is 33.9 Å². The Labute approximate surface area is 122 Å². The summed E-state index contributed by atoms with van der Waals surface area (Å²) < 4.78 is 38.5. The van der Waals surface area contributed by atoms with Crippen LogP contribution < -0.4 is 10.0 Å². The SMILES string of the molecule is COCCN(CCOC)S(=O)(=O)NCC1CCCNC1. The maximum Gasteiger partial charge on any atom is 0.279 e. The van der Waals surface area contributed by atoms with Crippen LogP contribution >= 0.6 is 0 Å². The first-order chi connectivity index (χ1) is 9.60. The highest BCUT2D eigenvalue weighted by atomic mass is 32.2. The van der Waals surface area contributed by atoms with E-state index in [9.17, 15) is 8.42 Å². The summed E-state index contributed by atoms with van der Waals surface area (Å²) in [7, 11) is -0.355. The van der Waals surface area contributed by atoms with E-state index in [-0.39, 0.29) is 0 Å². The summed E-state index contributed by atoms with van der Waals surface area (Å²) in [6.07, 6.45) is 2.16. The minimum atomic E-state index is -3.47. The second-order valence-corrected chi connectivity index (χ2v) is 6.71. The summed E-state index contributed by atoms with van der Waals surface area (Å²) >= 11 is 0. The number of hydrogen-bond donors (Lipinski definition) is 2. The van der Waals surface area contributed by atoms with Crippen LogP contribution in [-0.2, 0) is 19.7 Å². The van der Waals surface area contributed by atoms with Gasteiger partial charge in [0.2, 0.25) is 0 Å². The van der Waals surface area contributed by atoms with Crippen LogP contribution in [-0.4, -0.2) is 72.9 Å². The molecule has 1 aliphatic heterocycles. The molecule has 2 N–H and O–H groups in total. The van der Waals surface area contributed by atoms with Crippen molar-refractivity contribution in [3.63, 3.8) is 0 Å². The predicted molar refractivity (Wildman–Crippen MR) is 77.8 cm³/mol. The zero-order chi connectivity index (χ0) is 14.8. The van der Waals surface area contributed by atoms with Crippen molar-refractivity contribution in [1.29, 1.82) is 0 Å². The van der Waals surface area contributed by atoms with Gasteiger partial charge in [-0.3, -0.25) is 0 Å². The first-order valence-corrected chi connectivity index (χ1v) is 8.47. The highest BCUT2D eigenvalue weighted by molar-refractivity contribution is 7.87. The largest absolute Gasteiger partial charge is 0.383 e. The number of nitrogens with one attached hydrogen (secondary N) is 2. The fourth-order valence-electron chi connectivity index (χ4n) is 2.15. The van der Waals surface area contributed by atoms with E-state index in [1.807, 2.05) is 0 Å². The van der Waals surface area contributed by atoms with Gasteiger partial charge < -0.3 is 14.8 Å². The lowest BCUT2D eigenvalue weighted by molar-refractivity contribution is 0.149. The van der Waals surface area contributed by atoms with Crippen LogP contribution in [0.1, 0.15) is 12.8 Å². The second-order valence-electron chi connectivity index (χ2n) is 4.95. The molecule has 1 fully saturated rings. The van der Waals surface area contributed by atoms with E-state index in [2.05, 4.69) is 10.0 Å². The molecule has 0 spiro atoms. The molecule has 8 heteroatoms. The average molecular weight is 309 g/mol. The van der Waals surface area contributed by atoms with E-state index in [0.29, 0.717) is 38.8 Å². The molecule has 0 saturated carbocycles. The maximum atomic E-state index is 12.3. The van der Waals surface area contributed by atoms with Crippen molar-refractivity contribution < 1.29 is 17.9 Å². The van der Waals surface area contributed by atoms with E-state index < -0.39 is 10.2 Å². The molecular weight excluding hydrogens is 282 g/mol. The van der Waals surface area contributed by atoms with E-state index in [1.54, 1.807) is 14.2 Å². The molecule has 0 aromatic rings. The molecule has 0 bridgehead atoms. The predicted octanol–water partition coefficient (Wildman–Crippen LogP) is -0.585. The molecule has 7 nitrogen and oxygen atoms in total. The smallest absolute Gasteiger partial charge is 0.279 e. The Bertz CT molecular complexity index is 337. The van der Waals surface area contributed by atoms with Gasteiger partial charge in [0.1, 0.15) is 0 Å². The van der Waals surface area contributed by atoms with Gasteiger partial charge in [-0.05, 0) is 31.8 Å². The Kier molecular flexibility index (Phi) is 8.58. The van der Waals surface area contributed by atoms with E-state index >= 15 is 0 Å². The lowest BCUT2D eigenvalue weighted by Crippen LogP contribution is -2.46. The van der Waals surface area contributed by atoms with Gasteiger partial charge in [-0.15, -0.1) is 0 Å². The highest BCUT2D eigenvalue weighted by Crippen LogP contribution is 2.09. The first kappa shape index (κ1) is 17.8. The van der Waals surface area contributed by atoms with Crippen LogP contribution in [0, 0.1) is 5.92 Å². The molecule has 1 heterocycles. The molecule has 0 aliphatic carbocycles. The average Bonchev–Trinajstić information content (AvgIpc) is 2.46. The van der Waals surface area contributed by atoms with Gasteiger partial charge in [0.05, 0.1) is 13.2 Å². The van der Waals surface area contributed by atoms with Crippen LogP contribution in [0.5, 0.6) is 0 Å². The summed E-state index contributed by atoms with van der Waals surface area (Å²) in [5.74, 6) is 0.366. The molecule has 1 saturated heterocycles. The lowest BCUT2D eigenvalue weighted by Gasteiger charge is -2.26. The third-order valence-electron chi connectivity index (χ3n) is 3.38. The molecule has 0 aromatic heterocycles. The first-order valence-electron chi connectivity index (χ1n) is 7.03. The van der Waals surface area contributed by atoms with Crippen LogP contribution in [0.2, 0.25) is 0 Å². The van der Waals surface area contributed by atoms with Crippen molar-refractivity contribution in [2.75, 3.05) is 60.2 Å². The molecule has 120 valence electrons. The Morgan fingerprint density at radius 1 is 1.25 bits per heavy atom. The Balaban J connectivity index is 2.47. The summed E-state index contributed by atoms with van der Waals surface area (Å²) in [5, 5.41) is 3.28. The molecule has 1 unspecified atom stereocenters. The molecule has 1 atom stereocenters. The van der Waals surface area contributed by atoms with Gasteiger partial charge >= 0.3 is 0 Å². The summed E-state index contributed by atoms with van der Waals surface area (Å²) in [6, 6.07) is 0. The minimum Gasteiger partial charge on any atom is -0.383 e. The maximum absolute atomic E-state index is 12.3. The fourth-order valence-corrected chi connectivity index (χ4v) is 3.41. The molecule has 0 amide bonds. The monoisotopic (exact) mass is 309 g/mol. The normalized spacial score (nSPS) is 20.4. The van der Waals surface area contributed by atoms with Gasteiger partial charge in [-0.25, -0.2) is 4.72 Å². The number of nitrogens with zero attached hydrogens (tertiary/aromatic N) is 1. The second kappa shape index (κ2) is 9.64. The number of rotatable bonds is 10. The molecule has 0 radical (unpaired) electrons. The van der Waals surface area contributed by atoms with Crippen LogP contribution in [0.4, 0.5) is 0 Å². The zero-order valence-electron chi connectivity index (χ0n) is 12.4. The molecule has 1 rings (SSSR count). The van der Waals surface area contributed by atoms with Crippen molar-refractivity contribution in [2.45, 2.75) is 12.8 Å². The fraction of sp³-hybridized carbons (Fsp3) is 1.00. The topological polar surface area (TPSA) is 79.9 Å². The summed E-state index contributed by atoms with van der Waals surface area (Å²) in [5.41, 5.74) is 0. The van der Waals surface area contributed by atoms with Gasteiger partial charge in [0.15, 0.2) is 0 Å². The number of hydrogen-bond acceptors (Lipinski definition) is 5. The van der Waals surface area contributed by atoms with Crippen molar-refractivity contribution in [3.8, 4) is 0 Å². The van der Waals surface area contributed by atoms with Crippen LogP contribution in [0.15, 0.2) is 0 Å². The molecule has 1 aliphatic rings. The standard InChI is InChI=1S/C12H27N3O4S/c1-18-8-6-15(7-9-19-2)20(16,17)14-11-12-4-3-5-13-10-12/h12-14H,3-11H2,1-2H3. The Morgan fingerprint density at radius 3 is 2.40 bits per heavy atom. The third kappa shape index (κ3) is 6.47. The van der Waals surface area contributed by atoms with Gasteiger partial charge in [-0.2, -0.15) is 12.7 Å². The molecular formula is C12H27N3O4S. The van der Waals surface area contributed by atoms with Gasteiger partial charge in [-0.1, -0.05) is 0 Å². The summed E-state index contributed by atoms with van der Waals surface area (Å²) in [4.78, 5) is 0. The minimum absolute atomic E-state index is 0.331. The number of piperidine rings is 1. The van der Waals surface area contributed by atoms with Crippen molar-refractivity contribution in [1.82, 2.24) is 14.3 Å². The van der Waals surface area contributed by atoms with Crippen LogP contribution in [0.25, 0.3) is 0 Å². The quantitative estimate of drug-likeness (QED) is 0.564. The highest BCUT2D eigenvalue weighted by Gasteiger charge is 2.23.